The Balaban J connectivity index is 1.10. The molecule has 2 nitrogen and oxygen atoms in total. The summed E-state index contributed by atoms with van der Waals surface area (Å²) in [7, 11) is 0. The molecule has 2 aliphatic carbocycles. The van der Waals surface area contributed by atoms with E-state index in [0.29, 0.717) is 11.8 Å². The SMILES string of the molecule is C1=CC2CC2c2c1oc1c(-c3ccc(N(c4ccc(-c5ccccc5)cc4)c4ccc(-c5ccccc5)cc4)cc3)cccc21. The lowest BCUT2D eigenvalue weighted by atomic mass is 9.97. The summed E-state index contributed by atoms with van der Waals surface area (Å²) in [4.78, 5) is 2.33. The van der Waals surface area contributed by atoms with Crippen molar-refractivity contribution in [2.24, 2.45) is 5.92 Å². The first-order chi connectivity index (χ1) is 22.3. The topological polar surface area (TPSA) is 16.4 Å². The van der Waals surface area contributed by atoms with Crippen LogP contribution in [0.15, 0.2) is 162 Å². The number of anilines is 3. The zero-order valence-corrected chi connectivity index (χ0v) is 24.8. The molecular formula is C43H31NO. The molecular weight excluding hydrogens is 546 g/mol. The minimum atomic E-state index is 0.624. The molecule has 1 aromatic heterocycles. The summed E-state index contributed by atoms with van der Waals surface area (Å²) in [6.07, 6.45) is 5.74. The van der Waals surface area contributed by atoms with Crippen molar-refractivity contribution in [1.29, 1.82) is 0 Å². The van der Waals surface area contributed by atoms with E-state index in [2.05, 4.69) is 169 Å². The number of benzene rings is 6. The average molecular weight is 578 g/mol. The highest BCUT2D eigenvalue weighted by Gasteiger charge is 2.42. The number of hydrogen-bond donors (Lipinski definition) is 0. The number of rotatable bonds is 6. The lowest BCUT2D eigenvalue weighted by Gasteiger charge is -2.26. The van der Waals surface area contributed by atoms with E-state index < -0.39 is 0 Å². The van der Waals surface area contributed by atoms with Crippen molar-refractivity contribution >= 4 is 34.1 Å². The molecule has 0 spiro atoms. The number of furan rings is 1. The monoisotopic (exact) mass is 577 g/mol. The van der Waals surface area contributed by atoms with E-state index in [-0.39, 0.29) is 0 Å². The smallest absolute Gasteiger partial charge is 0.142 e. The van der Waals surface area contributed by atoms with Crippen LogP contribution in [0.25, 0.3) is 50.4 Å². The Labute approximate surface area is 263 Å². The van der Waals surface area contributed by atoms with Crippen LogP contribution < -0.4 is 4.90 Å². The molecule has 2 unspecified atom stereocenters. The van der Waals surface area contributed by atoms with Crippen molar-refractivity contribution in [3.05, 3.63) is 169 Å². The van der Waals surface area contributed by atoms with Crippen LogP contribution in [0, 0.1) is 5.92 Å². The Bertz CT molecular complexity index is 2070. The van der Waals surface area contributed by atoms with E-state index in [4.69, 9.17) is 4.42 Å². The number of allylic oxidation sites excluding steroid dienone is 1. The van der Waals surface area contributed by atoms with Gasteiger partial charge in [-0.3, -0.25) is 0 Å². The molecule has 2 atom stereocenters. The Morgan fingerprint density at radius 3 is 1.56 bits per heavy atom. The van der Waals surface area contributed by atoms with Crippen LogP contribution in [0.5, 0.6) is 0 Å². The minimum absolute atomic E-state index is 0.624. The van der Waals surface area contributed by atoms with Crippen molar-refractivity contribution in [2.45, 2.75) is 12.3 Å². The zero-order valence-electron chi connectivity index (χ0n) is 24.8. The molecule has 0 saturated heterocycles. The van der Waals surface area contributed by atoms with Crippen LogP contribution >= 0.6 is 0 Å². The van der Waals surface area contributed by atoms with Gasteiger partial charge in [0, 0.05) is 33.6 Å². The summed E-state index contributed by atoms with van der Waals surface area (Å²) < 4.78 is 6.49. The van der Waals surface area contributed by atoms with Gasteiger partial charge in [-0.25, -0.2) is 0 Å². The molecule has 0 bridgehead atoms. The molecule has 1 heterocycles. The first-order valence-electron chi connectivity index (χ1n) is 15.8. The molecule has 1 fully saturated rings. The van der Waals surface area contributed by atoms with Crippen molar-refractivity contribution in [3.8, 4) is 33.4 Å². The van der Waals surface area contributed by atoms with Crippen LogP contribution in [0.2, 0.25) is 0 Å². The van der Waals surface area contributed by atoms with Crippen LogP contribution in [0.4, 0.5) is 17.1 Å². The molecule has 7 aromatic rings. The van der Waals surface area contributed by atoms with Crippen LogP contribution in [-0.2, 0) is 0 Å². The Morgan fingerprint density at radius 1 is 0.489 bits per heavy atom. The van der Waals surface area contributed by atoms with Gasteiger partial charge in [-0.15, -0.1) is 0 Å². The Hall–Kier alpha value is -5.60. The van der Waals surface area contributed by atoms with Gasteiger partial charge in [0.05, 0.1) is 0 Å². The molecule has 2 heteroatoms. The van der Waals surface area contributed by atoms with Crippen molar-refractivity contribution in [1.82, 2.24) is 0 Å². The van der Waals surface area contributed by atoms with Crippen LogP contribution in [-0.4, -0.2) is 0 Å². The largest absolute Gasteiger partial charge is 0.456 e. The molecule has 0 aliphatic heterocycles. The number of nitrogens with zero attached hydrogens (tertiary/aromatic N) is 1. The van der Waals surface area contributed by atoms with E-state index in [1.807, 2.05) is 0 Å². The summed E-state index contributed by atoms with van der Waals surface area (Å²) in [5.41, 5.74) is 12.9. The van der Waals surface area contributed by atoms with E-state index in [0.717, 1.165) is 39.5 Å². The molecule has 214 valence electrons. The van der Waals surface area contributed by atoms with E-state index >= 15 is 0 Å². The number of para-hydroxylation sites is 1. The molecule has 2 aliphatic rings. The lowest BCUT2D eigenvalue weighted by molar-refractivity contribution is 0.596. The standard InChI is InChI=1S/C43H31NO/c1-3-8-29(9-4-1)31-14-21-35(22-15-31)44(36-23-16-32(17-24-36)30-10-5-2-6-11-30)37-25-18-33(19-26-37)38-12-7-13-39-42-40-28-34(40)20-27-41(42)45-43(38)39/h1-27,34,40H,28H2. The number of fused-ring (bicyclic) bond motifs is 5. The summed E-state index contributed by atoms with van der Waals surface area (Å²) in [5, 5.41) is 1.27. The fourth-order valence-electron chi connectivity index (χ4n) is 6.96. The van der Waals surface area contributed by atoms with Gasteiger partial charge in [-0.05, 0) is 88.5 Å². The molecule has 9 rings (SSSR count). The van der Waals surface area contributed by atoms with Crippen molar-refractivity contribution in [2.75, 3.05) is 4.90 Å². The summed E-state index contributed by atoms with van der Waals surface area (Å²) in [6, 6.07) is 54.3. The molecule has 45 heavy (non-hydrogen) atoms. The quantitative estimate of drug-likeness (QED) is 0.195. The highest BCUT2D eigenvalue weighted by molar-refractivity contribution is 5.97. The highest BCUT2D eigenvalue weighted by Crippen LogP contribution is 2.56. The van der Waals surface area contributed by atoms with Gasteiger partial charge in [0.25, 0.3) is 0 Å². The summed E-state index contributed by atoms with van der Waals surface area (Å²) in [6.45, 7) is 0. The first-order valence-corrected chi connectivity index (χ1v) is 15.8. The second kappa shape index (κ2) is 10.5. The third kappa shape index (κ3) is 4.58. The molecule has 1 saturated carbocycles. The summed E-state index contributed by atoms with van der Waals surface area (Å²) in [5.74, 6) is 2.35. The Morgan fingerprint density at radius 2 is 1.00 bits per heavy atom. The van der Waals surface area contributed by atoms with Crippen molar-refractivity contribution < 1.29 is 4.42 Å². The summed E-state index contributed by atoms with van der Waals surface area (Å²) >= 11 is 0. The van der Waals surface area contributed by atoms with Crippen LogP contribution in [0.3, 0.4) is 0 Å². The normalized spacial score (nSPS) is 16.3. The van der Waals surface area contributed by atoms with E-state index in [9.17, 15) is 0 Å². The maximum atomic E-state index is 6.49. The van der Waals surface area contributed by atoms with Gasteiger partial charge >= 0.3 is 0 Å². The Kier molecular flexibility index (Phi) is 6.05. The molecule has 0 N–H and O–H groups in total. The maximum absolute atomic E-state index is 6.49. The molecule has 0 amide bonds. The lowest BCUT2D eigenvalue weighted by Crippen LogP contribution is -2.09. The molecule has 6 aromatic carbocycles. The van der Waals surface area contributed by atoms with Gasteiger partial charge in [0.15, 0.2) is 0 Å². The predicted molar refractivity (Wildman–Crippen MR) is 187 cm³/mol. The maximum Gasteiger partial charge on any atom is 0.142 e. The zero-order chi connectivity index (χ0) is 29.7. The van der Waals surface area contributed by atoms with Gasteiger partial charge in [0.1, 0.15) is 11.3 Å². The second-order valence-corrected chi connectivity index (χ2v) is 12.1. The van der Waals surface area contributed by atoms with Gasteiger partial charge in [-0.2, -0.15) is 0 Å². The van der Waals surface area contributed by atoms with Gasteiger partial charge in [-0.1, -0.05) is 121 Å². The van der Waals surface area contributed by atoms with Gasteiger partial charge in [0.2, 0.25) is 0 Å². The molecule has 0 radical (unpaired) electrons. The fraction of sp³-hybridized carbons (Fsp3) is 0.0698. The minimum Gasteiger partial charge on any atom is -0.456 e. The third-order valence-electron chi connectivity index (χ3n) is 9.39. The van der Waals surface area contributed by atoms with Crippen LogP contribution in [0.1, 0.15) is 23.7 Å². The third-order valence-corrected chi connectivity index (χ3v) is 9.39. The predicted octanol–water partition coefficient (Wildman–Crippen LogP) is 12.0. The number of hydrogen-bond acceptors (Lipinski definition) is 2. The van der Waals surface area contributed by atoms with E-state index in [1.165, 1.54) is 39.6 Å². The highest BCUT2D eigenvalue weighted by atomic mass is 16.3. The fourth-order valence-corrected chi connectivity index (χ4v) is 6.96. The second-order valence-electron chi connectivity index (χ2n) is 12.1. The van der Waals surface area contributed by atoms with Gasteiger partial charge < -0.3 is 9.32 Å². The first kappa shape index (κ1) is 25.9. The van der Waals surface area contributed by atoms with E-state index in [1.54, 1.807) is 0 Å². The average Bonchev–Trinajstić information content (AvgIpc) is 3.81. The van der Waals surface area contributed by atoms with Crippen molar-refractivity contribution in [3.63, 3.8) is 0 Å².